The van der Waals surface area contributed by atoms with E-state index in [-0.39, 0.29) is 64.2 Å². The van der Waals surface area contributed by atoms with Gasteiger partial charge < -0.3 is 28.6 Å². The van der Waals surface area contributed by atoms with Crippen LogP contribution in [0.4, 0.5) is 5.69 Å². The van der Waals surface area contributed by atoms with E-state index in [2.05, 4.69) is 14.9 Å². The minimum atomic E-state index is -4.06. The fraction of sp³-hybridized carbons (Fsp3) is 0.581. The van der Waals surface area contributed by atoms with Crippen LogP contribution in [-0.2, 0) is 31.8 Å². The highest BCUT2D eigenvalue weighted by Crippen LogP contribution is 2.30. The Hall–Kier alpha value is -3.51. The van der Waals surface area contributed by atoms with Gasteiger partial charge in [0.25, 0.3) is 15.9 Å². The van der Waals surface area contributed by atoms with E-state index in [9.17, 15) is 26.7 Å². The molecular weight excluding hydrogens is 665 g/mol. The van der Waals surface area contributed by atoms with E-state index in [4.69, 9.17) is 14.0 Å². The molecule has 1 aromatic carbocycles. The second-order valence-corrected chi connectivity index (χ2v) is 16.0. The molecule has 1 aliphatic heterocycles. The smallest absolute Gasteiger partial charge is 0.280 e. The number of aryl methyl sites for hydroxylation is 3. The van der Waals surface area contributed by atoms with Gasteiger partial charge in [0.2, 0.25) is 10.0 Å². The molecule has 4 atom stereocenters. The van der Waals surface area contributed by atoms with Gasteiger partial charge in [0.15, 0.2) is 10.8 Å². The molecule has 3 aromatic rings. The molecule has 266 valence electrons. The molecule has 1 aliphatic rings. The third-order valence-electron chi connectivity index (χ3n) is 8.33. The molecular formula is C31H46N6O9S2. The van der Waals surface area contributed by atoms with Crippen LogP contribution in [-0.4, -0.2) is 103 Å². The van der Waals surface area contributed by atoms with Gasteiger partial charge in [-0.3, -0.25) is 9.52 Å². The fourth-order valence-electron chi connectivity index (χ4n) is 5.53. The van der Waals surface area contributed by atoms with E-state index in [0.29, 0.717) is 19.4 Å². The quantitative estimate of drug-likeness (QED) is 0.333. The van der Waals surface area contributed by atoms with Crippen LogP contribution in [0.1, 0.15) is 61.8 Å². The molecule has 17 heteroatoms. The first-order valence-corrected chi connectivity index (χ1v) is 18.7. The van der Waals surface area contributed by atoms with Crippen molar-refractivity contribution in [1.82, 2.24) is 23.9 Å². The average molecular weight is 711 g/mol. The SMILES string of the molecule is Cc1noc(C)c1S(=O)(=O)N(C)C[C@@H]1OCCCC[C@H](C)Oc2ccc(NS(=O)(=O)c3cn(C)cn3)cc2C(=O)N([C@H](C)CO)C[C@@H]1C. The standard InChI is InChI=1S/C31H46N6O9S2/c1-20-15-37(21(2)18-38)31(39)26-14-25(34-47(40,41)29-17-35(6)19-32-29)11-12-27(26)45-22(3)10-8-9-13-44-28(20)16-36(7)48(42,43)30-23(4)33-46-24(30)5/h11-12,14,17,19-22,28,34,38H,8-10,13,15-16,18H2,1-7H3/t20-,21+,22-,28-/m0/s1. The molecule has 0 saturated carbocycles. The van der Waals surface area contributed by atoms with Crippen LogP contribution >= 0.6 is 0 Å². The number of aliphatic hydroxyl groups excluding tert-OH is 1. The Morgan fingerprint density at radius 2 is 1.90 bits per heavy atom. The van der Waals surface area contributed by atoms with E-state index in [1.165, 1.54) is 45.5 Å². The number of carbonyl (C=O) groups excluding carboxylic acids is 1. The van der Waals surface area contributed by atoms with Gasteiger partial charge in [-0.25, -0.2) is 13.4 Å². The molecule has 0 fully saturated rings. The molecule has 0 bridgehead atoms. The number of rotatable bonds is 9. The maximum atomic E-state index is 14.3. The Bertz CT molecular complexity index is 1770. The van der Waals surface area contributed by atoms with Gasteiger partial charge >= 0.3 is 0 Å². The normalized spacial score (nSPS) is 21.0. The highest BCUT2D eigenvalue weighted by atomic mass is 32.2. The van der Waals surface area contributed by atoms with Crippen LogP contribution in [0.15, 0.2) is 45.2 Å². The Balaban J connectivity index is 1.68. The van der Waals surface area contributed by atoms with Crippen molar-refractivity contribution in [3.8, 4) is 5.75 Å². The number of amides is 1. The van der Waals surface area contributed by atoms with Crippen molar-refractivity contribution >= 4 is 31.6 Å². The third-order valence-corrected chi connectivity index (χ3v) is 11.7. The van der Waals surface area contributed by atoms with Crippen LogP contribution in [0.2, 0.25) is 0 Å². The summed E-state index contributed by atoms with van der Waals surface area (Å²) in [4.78, 5) is 19.7. The number of ether oxygens (including phenoxy) is 2. The Kier molecular flexibility index (Phi) is 11.9. The number of hydrogen-bond acceptors (Lipinski definition) is 11. The number of hydrogen-bond donors (Lipinski definition) is 2. The molecule has 0 saturated heterocycles. The second kappa shape index (κ2) is 15.4. The molecule has 4 rings (SSSR count). The highest BCUT2D eigenvalue weighted by molar-refractivity contribution is 7.92. The number of imidazole rings is 1. The van der Waals surface area contributed by atoms with Gasteiger partial charge in [-0.1, -0.05) is 12.1 Å². The van der Waals surface area contributed by atoms with Crippen molar-refractivity contribution in [2.24, 2.45) is 13.0 Å². The van der Waals surface area contributed by atoms with Gasteiger partial charge in [0, 0.05) is 51.6 Å². The molecule has 0 aliphatic carbocycles. The Morgan fingerprint density at radius 1 is 1.17 bits per heavy atom. The first-order chi connectivity index (χ1) is 22.5. The zero-order valence-electron chi connectivity index (χ0n) is 28.4. The lowest BCUT2D eigenvalue weighted by Crippen LogP contribution is -2.48. The highest BCUT2D eigenvalue weighted by Gasteiger charge is 2.34. The summed E-state index contributed by atoms with van der Waals surface area (Å²) in [6, 6.07) is 3.83. The van der Waals surface area contributed by atoms with Crippen molar-refractivity contribution < 1.29 is 40.7 Å². The molecule has 1 amide bonds. The van der Waals surface area contributed by atoms with Crippen molar-refractivity contribution in [1.29, 1.82) is 0 Å². The first-order valence-electron chi connectivity index (χ1n) is 15.8. The largest absolute Gasteiger partial charge is 0.490 e. The minimum absolute atomic E-state index is 0.00400. The number of fused-ring (bicyclic) bond motifs is 1. The summed E-state index contributed by atoms with van der Waals surface area (Å²) < 4.78 is 76.0. The van der Waals surface area contributed by atoms with E-state index in [1.54, 1.807) is 33.9 Å². The summed E-state index contributed by atoms with van der Waals surface area (Å²) in [6.45, 7) is 8.61. The lowest BCUT2D eigenvalue weighted by Gasteiger charge is -2.35. The number of benzene rings is 1. The van der Waals surface area contributed by atoms with Crippen LogP contribution in [0, 0.1) is 19.8 Å². The van der Waals surface area contributed by atoms with E-state index >= 15 is 0 Å². The lowest BCUT2D eigenvalue weighted by molar-refractivity contribution is -0.00835. The van der Waals surface area contributed by atoms with E-state index in [0.717, 1.165) is 6.42 Å². The number of likely N-dealkylation sites (N-methyl/N-ethyl adjacent to an activating group) is 1. The molecule has 2 aromatic heterocycles. The fourth-order valence-corrected chi connectivity index (χ4v) is 8.03. The zero-order chi connectivity index (χ0) is 35.4. The summed E-state index contributed by atoms with van der Waals surface area (Å²) in [5.41, 5.74) is 0.481. The Labute approximate surface area is 282 Å². The van der Waals surface area contributed by atoms with E-state index < -0.39 is 44.0 Å². The molecule has 2 N–H and O–H groups in total. The molecule has 0 spiro atoms. The summed E-state index contributed by atoms with van der Waals surface area (Å²) in [5, 5.41) is 13.8. The van der Waals surface area contributed by atoms with Crippen molar-refractivity contribution in [2.45, 2.75) is 82.1 Å². The molecule has 15 nitrogen and oxygen atoms in total. The molecule has 0 unspecified atom stereocenters. The monoisotopic (exact) mass is 710 g/mol. The van der Waals surface area contributed by atoms with Gasteiger partial charge in [-0.15, -0.1) is 0 Å². The van der Waals surface area contributed by atoms with Crippen molar-refractivity contribution in [2.75, 3.05) is 38.1 Å². The van der Waals surface area contributed by atoms with Crippen LogP contribution < -0.4 is 9.46 Å². The number of nitrogens with zero attached hydrogens (tertiary/aromatic N) is 5. The number of aromatic nitrogens is 3. The predicted molar refractivity (Wildman–Crippen MR) is 177 cm³/mol. The third kappa shape index (κ3) is 8.55. The minimum Gasteiger partial charge on any atom is -0.490 e. The van der Waals surface area contributed by atoms with Crippen molar-refractivity contribution in [3.05, 3.63) is 47.7 Å². The van der Waals surface area contributed by atoms with Gasteiger partial charge in [0.1, 0.15) is 16.3 Å². The summed E-state index contributed by atoms with van der Waals surface area (Å²) in [6.07, 6.45) is 3.89. The van der Waals surface area contributed by atoms with Gasteiger partial charge in [0.05, 0.1) is 36.7 Å². The first kappa shape index (κ1) is 37.3. The molecule has 0 radical (unpaired) electrons. The van der Waals surface area contributed by atoms with Crippen molar-refractivity contribution in [3.63, 3.8) is 0 Å². The number of carbonyl (C=O) groups is 1. The molecule has 3 heterocycles. The number of anilines is 1. The van der Waals surface area contributed by atoms with Crippen LogP contribution in [0.5, 0.6) is 5.75 Å². The second-order valence-electron chi connectivity index (χ2n) is 12.4. The lowest BCUT2D eigenvalue weighted by atomic mass is 10.0. The van der Waals surface area contributed by atoms with Gasteiger partial charge in [-0.05, 0) is 65.2 Å². The number of aliphatic hydroxyl groups is 1. The number of nitrogens with one attached hydrogen (secondary N) is 1. The maximum Gasteiger partial charge on any atom is 0.280 e. The zero-order valence-corrected chi connectivity index (χ0v) is 30.0. The van der Waals surface area contributed by atoms with Crippen LogP contribution in [0.3, 0.4) is 0 Å². The summed E-state index contributed by atoms with van der Waals surface area (Å²) in [7, 11) is -4.92. The maximum absolute atomic E-state index is 14.3. The van der Waals surface area contributed by atoms with E-state index in [1.807, 2.05) is 13.8 Å². The average Bonchev–Trinajstić information content (AvgIpc) is 3.63. The Morgan fingerprint density at radius 3 is 2.52 bits per heavy atom. The summed E-state index contributed by atoms with van der Waals surface area (Å²) in [5.74, 6) is -0.449. The topological polar surface area (TPSA) is 186 Å². The molecule has 48 heavy (non-hydrogen) atoms. The predicted octanol–water partition coefficient (Wildman–Crippen LogP) is 2.94. The van der Waals surface area contributed by atoms with Gasteiger partial charge in [-0.2, -0.15) is 12.7 Å². The summed E-state index contributed by atoms with van der Waals surface area (Å²) >= 11 is 0. The van der Waals surface area contributed by atoms with Crippen LogP contribution in [0.25, 0.3) is 0 Å². The number of sulfonamides is 2.